The minimum Gasteiger partial charge on any atom is -0.326 e. The van der Waals surface area contributed by atoms with Crippen molar-refractivity contribution in [2.45, 2.75) is 39.2 Å². The molecule has 2 unspecified atom stereocenters. The van der Waals surface area contributed by atoms with Crippen LogP contribution in [0.2, 0.25) is 0 Å². The monoisotopic (exact) mass is 416 g/mol. The van der Waals surface area contributed by atoms with E-state index in [-0.39, 0.29) is 24.2 Å². The van der Waals surface area contributed by atoms with Crippen LogP contribution in [0.4, 0.5) is 11.4 Å². The molecular weight excluding hydrogens is 388 g/mol. The van der Waals surface area contributed by atoms with Gasteiger partial charge in [-0.15, -0.1) is 0 Å². The molecule has 160 valence electrons. The highest BCUT2D eigenvalue weighted by atomic mass is 16.2. The summed E-state index contributed by atoms with van der Waals surface area (Å²) in [5.74, 6) is -0.127. The fourth-order valence-electron chi connectivity index (χ4n) is 4.06. The number of anilines is 2. The zero-order chi connectivity index (χ0) is 21.8. The van der Waals surface area contributed by atoms with Gasteiger partial charge in [-0.3, -0.25) is 14.3 Å². The molecule has 3 aromatic rings. The molecule has 2 aromatic carbocycles. The summed E-state index contributed by atoms with van der Waals surface area (Å²) >= 11 is 0. The van der Waals surface area contributed by atoms with Crippen molar-refractivity contribution >= 4 is 23.2 Å². The SMILES string of the molecule is CCC(C)c1ccccc1N1CC(C(=O)Nc2cccc(Cn3cccn3)c2)CC1=O. The lowest BCUT2D eigenvalue weighted by Gasteiger charge is -2.23. The average molecular weight is 417 g/mol. The summed E-state index contributed by atoms with van der Waals surface area (Å²) in [6.07, 6.45) is 4.88. The number of amides is 2. The molecule has 1 aliphatic rings. The maximum atomic E-state index is 12.9. The van der Waals surface area contributed by atoms with Gasteiger partial charge >= 0.3 is 0 Å². The molecule has 1 aliphatic heterocycles. The Kier molecular flexibility index (Phi) is 6.16. The Morgan fingerprint density at radius 1 is 1.19 bits per heavy atom. The lowest BCUT2D eigenvalue weighted by Crippen LogP contribution is -2.29. The second-order valence-corrected chi connectivity index (χ2v) is 8.17. The molecule has 1 fully saturated rings. The summed E-state index contributed by atoms with van der Waals surface area (Å²) in [6, 6.07) is 17.6. The molecule has 0 saturated carbocycles. The Labute approximate surface area is 182 Å². The second-order valence-electron chi connectivity index (χ2n) is 8.17. The van der Waals surface area contributed by atoms with Gasteiger partial charge in [-0.1, -0.05) is 44.2 Å². The quantitative estimate of drug-likeness (QED) is 0.619. The van der Waals surface area contributed by atoms with E-state index in [1.807, 2.05) is 59.4 Å². The first-order valence-corrected chi connectivity index (χ1v) is 10.8. The van der Waals surface area contributed by atoms with Gasteiger partial charge in [0.1, 0.15) is 0 Å². The number of carbonyl (C=O) groups is 2. The molecule has 2 amide bonds. The maximum absolute atomic E-state index is 12.9. The van der Waals surface area contributed by atoms with Crippen molar-refractivity contribution in [3.8, 4) is 0 Å². The van der Waals surface area contributed by atoms with Crippen LogP contribution < -0.4 is 10.2 Å². The Balaban J connectivity index is 1.45. The zero-order valence-electron chi connectivity index (χ0n) is 18.0. The van der Waals surface area contributed by atoms with Crippen LogP contribution in [0.1, 0.15) is 43.7 Å². The van der Waals surface area contributed by atoms with E-state index in [1.165, 1.54) is 0 Å². The summed E-state index contributed by atoms with van der Waals surface area (Å²) in [5.41, 5.74) is 3.87. The third-order valence-electron chi connectivity index (χ3n) is 5.96. The van der Waals surface area contributed by atoms with Gasteiger partial charge in [0.2, 0.25) is 11.8 Å². The van der Waals surface area contributed by atoms with Crippen molar-refractivity contribution in [2.75, 3.05) is 16.8 Å². The zero-order valence-corrected chi connectivity index (χ0v) is 18.0. The molecule has 6 nitrogen and oxygen atoms in total. The molecule has 0 aliphatic carbocycles. The van der Waals surface area contributed by atoms with Crippen molar-refractivity contribution in [3.05, 3.63) is 78.1 Å². The van der Waals surface area contributed by atoms with Crippen LogP contribution >= 0.6 is 0 Å². The van der Waals surface area contributed by atoms with Gasteiger partial charge in [0.25, 0.3) is 0 Å². The molecule has 4 rings (SSSR count). The fourth-order valence-corrected chi connectivity index (χ4v) is 4.06. The van der Waals surface area contributed by atoms with Crippen LogP contribution in [-0.4, -0.2) is 28.1 Å². The number of nitrogens with one attached hydrogen (secondary N) is 1. The van der Waals surface area contributed by atoms with E-state index in [2.05, 4.69) is 30.3 Å². The molecule has 0 spiro atoms. The van der Waals surface area contributed by atoms with Crippen LogP contribution in [-0.2, 0) is 16.1 Å². The van der Waals surface area contributed by atoms with Gasteiger partial charge in [0.05, 0.1) is 12.5 Å². The third-order valence-corrected chi connectivity index (χ3v) is 5.96. The first-order valence-electron chi connectivity index (χ1n) is 10.8. The maximum Gasteiger partial charge on any atom is 0.229 e. The number of hydrogen-bond acceptors (Lipinski definition) is 3. The molecule has 2 heterocycles. The van der Waals surface area contributed by atoms with E-state index in [0.29, 0.717) is 19.0 Å². The van der Waals surface area contributed by atoms with E-state index >= 15 is 0 Å². The molecular formula is C25H28N4O2. The number of aromatic nitrogens is 2. The molecule has 31 heavy (non-hydrogen) atoms. The number of rotatable bonds is 7. The van der Waals surface area contributed by atoms with Crippen molar-refractivity contribution in [2.24, 2.45) is 5.92 Å². The van der Waals surface area contributed by atoms with Crippen LogP contribution in [0.5, 0.6) is 0 Å². The second kappa shape index (κ2) is 9.16. The molecule has 1 N–H and O–H groups in total. The van der Waals surface area contributed by atoms with Gasteiger partial charge in [0.15, 0.2) is 0 Å². The first kappa shape index (κ1) is 20.8. The highest BCUT2D eigenvalue weighted by Gasteiger charge is 2.36. The molecule has 0 radical (unpaired) electrons. The number of hydrogen-bond donors (Lipinski definition) is 1. The lowest BCUT2D eigenvalue weighted by molar-refractivity contribution is -0.122. The van der Waals surface area contributed by atoms with Crippen LogP contribution in [0.25, 0.3) is 0 Å². The van der Waals surface area contributed by atoms with Crippen molar-refractivity contribution < 1.29 is 9.59 Å². The Morgan fingerprint density at radius 2 is 2.03 bits per heavy atom. The first-order chi connectivity index (χ1) is 15.0. The van der Waals surface area contributed by atoms with Gasteiger partial charge in [-0.25, -0.2) is 0 Å². The Bertz CT molecular complexity index is 1060. The van der Waals surface area contributed by atoms with Gasteiger partial charge in [0, 0.05) is 36.7 Å². The molecule has 2 atom stereocenters. The summed E-state index contributed by atoms with van der Waals surface area (Å²) in [7, 11) is 0. The van der Waals surface area contributed by atoms with Crippen LogP contribution in [0.15, 0.2) is 67.0 Å². The Hall–Kier alpha value is -3.41. The van der Waals surface area contributed by atoms with E-state index in [9.17, 15) is 9.59 Å². The number of carbonyl (C=O) groups excluding carboxylic acids is 2. The standard InChI is InChI=1S/C25H28N4O2/c1-3-18(2)22-10-4-5-11-23(22)29-17-20(15-24(29)30)25(31)27-21-9-6-8-19(14-21)16-28-13-7-12-26-28/h4-14,18,20H,3,15-17H2,1-2H3,(H,27,31). The number of benzene rings is 2. The Morgan fingerprint density at radius 3 is 2.81 bits per heavy atom. The minimum atomic E-state index is -0.368. The van der Waals surface area contributed by atoms with Crippen molar-refractivity contribution in [1.29, 1.82) is 0 Å². The molecule has 0 bridgehead atoms. The van der Waals surface area contributed by atoms with Crippen molar-refractivity contribution in [3.63, 3.8) is 0 Å². The van der Waals surface area contributed by atoms with Crippen LogP contribution in [0, 0.1) is 5.92 Å². The van der Waals surface area contributed by atoms with Crippen LogP contribution in [0.3, 0.4) is 0 Å². The fraction of sp³-hybridized carbons (Fsp3) is 0.320. The van der Waals surface area contributed by atoms with E-state index in [1.54, 1.807) is 11.1 Å². The number of nitrogens with zero attached hydrogens (tertiary/aromatic N) is 3. The van der Waals surface area contributed by atoms with E-state index < -0.39 is 0 Å². The third kappa shape index (κ3) is 4.68. The normalized spacial score (nSPS) is 17.0. The summed E-state index contributed by atoms with van der Waals surface area (Å²) in [5, 5.41) is 7.22. The van der Waals surface area contributed by atoms with Gasteiger partial charge in [-0.05, 0) is 47.7 Å². The molecule has 1 saturated heterocycles. The predicted octanol–water partition coefficient (Wildman–Crippen LogP) is 4.44. The molecule has 1 aromatic heterocycles. The summed E-state index contributed by atoms with van der Waals surface area (Å²) in [6.45, 7) is 5.35. The molecule has 6 heteroatoms. The van der Waals surface area contributed by atoms with Gasteiger partial charge < -0.3 is 10.2 Å². The largest absolute Gasteiger partial charge is 0.326 e. The minimum absolute atomic E-state index is 0.00309. The van der Waals surface area contributed by atoms with E-state index in [4.69, 9.17) is 0 Å². The average Bonchev–Trinajstić information content (AvgIpc) is 3.43. The topological polar surface area (TPSA) is 67.2 Å². The lowest BCUT2D eigenvalue weighted by atomic mass is 9.96. The number of para-hydroxylation sites is 1. The smallest absolute Gasteiger partial charge is 0.229 e. The highest BCUT2D eigenvalue weighted by molar-refractivity contribution is 6.03. The highest BCUT2D eigenvalue weighted by Crippen LogP contribution is 2.33. The van der Waals surface area contributed by atoms with Gasteiger partial charge in [-0.2, -0.15) is 5.10 Å². The predicted molar refractivity (Wildman–Crippen MR) is 122 cm³/mol. The summed E-state index contributed by atoms with van der Waals surface area (Å²) < 4.78 is 1.84. The summed E-state index contributed by atoms with van der Waals surface area (Å²) in [4.78, 5) is 27.5. The van der Waals surface area contributed by atoms with Crippen molar-refractivity contribution in [1.82, 2.24) is 9.78 Å². The van der Waals surface area contributed by atoms with E-state index in [0.717, 1.165) is 28.9 Å².